The van der Waals surface area contributed by atoms with Gasteiger partial charge in [0.25, 0.3) is 0 Å². The summed E-state index contributed by atoms with van der Waals surface area (Å²) in [7, 11) is 0. The Morgan fingerprint density at radius 3 is 2.53 bits per heavy atom. The number of nitrogens with zero attached hydrogens (tertiary/aromatic N) is 2. The molecule has 0 aliphatic heterocycles. The molecule has 1 aromatic heterocycles. The first-order valence-electron chi connectivity index (χ1n) is 5.46. The maximum Gasteiger partial charge on any atom is 0.187 e. The molecule has 88 valence electrons. The first-order valence-corrected chi connectivity index (χ1v) is 6.45. The Hall–Kier alpha value is -1.39. The van der Waals surface area contributed by atoms with E-state index >= 15 is 0 Å². The first-order chi connectivity index (χ1) is 8.45. The van der Waals surface area contributed by atoms with Crippen molar-refractivity contribution in [2.24, 2.45) is 0 Å². The van der Waals surface area contributed by atoms with Crippen LogP contribution in [-0.4, -0.2) is 22.3 Å². The lowest BCUT2D eigenvalue weighted by atomic mass is 10.2. The molecule has 0 aliphatic carbocycles. The maximum atomic E-state index is 5.57. The van der Waals surface area contributed by atoms with Gasteiger partial charge in [0.05, 0.1) is 13.2 Å². The van der Waals surface area contributed by atoms with Crippen LogP contribution in [-0.2, 0) is 11.3 Å². The van der Waals surface area contributed by atoms with E-state index in [-0.39, 0.29) is 0 Å². The zero-order valence-corrected chi connectivity index (χ0v) is 10.3. The molecule has 4 heteroatoms. The average molecular weight is 246 g/mol. The van der Waals surface area contributed by atoms with Crippen LogP contribution in [0.25, 0.3) is 0 Å². The first kappa shape index (κ1) is 12.1. The van der Waals surface area contributed by atoms with Crippen molar-refractivity contribution in [3.8, 4) is 0 Å². The quantitative estimate of drug-likeness (QED) is 0.446. The molecule has 0 N–H and O–H groups in total. The van der Waals surface area contributed by atoms with Crippen LogP contribution in [0.4, 0.5) is 0 Å². The van der Waals surface area contributed by atoms with Crippen LogP contribution >= 0.6 is 11.8 Å². The second-order valence-corrected chi connectivity index (χ2v) is 4.48. The lowest BCUT2D eigenvalue weighted by Crippen LogP contribution is -1.98. The van der Waals surface area contributed by atoms with Crippen molar-refractivity contribution < 1.29 is 4.74 Å². The Bertz CT molecular complexity index is 380. The monoisotopic (exact) mass is 246 g/mol. The predicted molar refractivity (Wildman–Crippen MR) is 68.9 cm³/mol. The van der Waals surface area contributed by atoms with Gasteiger partial charge in [-0.05, 0) is 11.6 Å². The molecule has 0 saturated carbocycles. The van der Waals surface area contributed by atoms with Crippen molar-refractivity contribution in [1.82, 2.24) is 9.97 Å². The summed E-state index contributed by atoms with van der Waals surface area (Å²) in [4.78, 5) is 8.26. The molecule has 0 aliphatic rings. The van der Waals surface area contributed by atoms with Crippen molar-refractivity contribution in [3.63, 3.8) is 0 Å². The number of ether oxygens (including phenoxy) is 1. The molecule has 17 heavy (non-hydrogen) atoms. The van der Waals surface area contributed by atoms with E-state index in [0.29, 0.717) is 13.2 Å². The maximum absolute atomic E-state index is 5.57. The summed E-state index contributed by atoms with van der Waals surface area (Å²) in [6, 6.07) is 12.0. The molecule has 2 aromatic rings. The molecule has 0 radical (unpaired) electrons. The normalized spacial score (nSPS) is 10.4. The zero-order valence-electron chi connectivity index (χ0n) is 9.45. The van der Waals surface area contributed by atoms with E-state index in [9.17, 15) is 0 Å². The summed E-state index contributed by atoms with van der Waals surface area (Å²) in [5.41, 5.74) is 1.20. The van der Waals surface area contributed by atoms with Gasteiger partial charge in [0.1, 0.15) is 0 Å². The minimum Gasteiger partial charge on any atom is -0.376 e. The van der Waals surface area contributed by atoms with Gasteiger partial charge in [0.15, 0.2) is 5.16 Å². The molecule has 0 saturated heterocycles. The van der Waals surface area contributed by atoms with Gasteiger partial charge in [0.2, 0.25) is 0 Å². The molecule has 0 unspecified atom stereocenters. The number of benzene rings is 1. The van der Waals surface area contributed by atoms with Crippen LogP contribution in [0.3, 0.4) is 0 Å². The molecule has 2 rings (SSSR count). The van der Waals surface area contributed by atoms with Gasteiger partial charge >= 0.3 is 0 Å². The van der Waals surface area contributed by atoms with Crippen molar-refractivity contribution in [1.29, 1.82) is 0 Å². The molecule has 0 amide bonds. The Balaban J connectivity index is 1.61. The zero-order chi connectivity index (χ0) is 11.8. The van der Waals surface area contributed by atoms with E-state index in [1.165, 1.54) is 5.56 Å². The van der Waals surface area contributed by atoms with Crippen LogP contribution in [0, 0.1) is 0 Å². The van der Waals surface area contributed by atoms with Crippen LogP contribution < -0.4 is 0 Å². The Kier molecular flexibility index (Phi) is 5.00. The van der Waals surface area contributed by atoms with Crippen molar-refractivity contribution in [2.45, 2.75) is 11.8 Å². The molecule has 3 nitrogen and oxygen atoms in total. The molecule has 0 spiro atoms. The fourth-order valence-electron chi connectivity index (χ4n) is 1.32. The molecule has 0 bridgehead atoms. The predicted octanol–water partition coefficient (Wildman–Crippen LogP) is 2.79. The molecule has 1 aromatic carbocycles. The number of hydrogen-bond acceptors (Lipinski definition) is 4. The fourth-order valence-corrected chi connectivity index (χ4v) is 1.97. The van der Waals surface area contributed by atoms with E-state index < -0.39 is 0 Å². The third-order valence-corrected chi connectivity index (χ3v) is 2.95. The van der Waals surface area contributed by atoms with E-state index in [4.69, 9.17) is 4.74 Å². The summed E-state index contributed by atoms with van der Waals surface area (Å²) in [5.74, 6) is 0.872. The van der Waals surface area contributed by atoms with Gasteiger partial charge in [0, 0.05) is 18.1 Å². The van der Waals surface area contributed by atoms with Gasteiger partial charge in [-0.3, -0.25) is 0 Å². The SMILES string of the molecule is c1ccc(COCCSc2ncccn2)cc1. The smallest absolute Gasteiger partial charge is 0.187 e. The largest absolute Gasteiger partial charge is 0.376 e. The molecule has 0 atom stereocenters. The van der Waals surface area contributed by atoms with Crippen molar-refractivity contribution >= 4 is 11.8 Å². The summed E-state index contributed by atoms with van der Waals surface area (Å²) in [6.07, 6.45) is 3.50. The van der Waals surface area contributed by atoms with Gasteiger partial charge in [-0.1, -0.05) is 42.1 Å². The number of thioether (sulfide) groups is 1. The standard InChI is InChI=1S/C13H14N2OS/c1-2-5-12(6-3-1)11-16-9-10-17-13-14-7-4-8-15-13/h1-8H,9-11H2. The Labute approximate surface area is 105 Å². The summed E-state index contributed by atoms with van der Waals surface area (Å²) in [6.45, 7) is 1.37. The van der Waals surface area contributed by atoms with Crippen LogP contribution in [0.15, 0.2) is 53.9 Å². The summed E-state index contributed by atoms with van der Waals surface area (Å²) < 4.78 is 5.57. The van der Waals surface area contributed by atoms with E-state index in [1.54, 1.807) is 24.2 Å². The van der Waals surface area contributed by atoms with Crippen LogP contribution in [0.5, 0.6) is 0 Å². The lowest BCUT2D eigenvalue weighted by molar-refractivity contribution is 0.136. The van der Waals surface area contributed by atoms with E-state index in [1.807, 2.05) is 24.3 Å². The second kappa shape index (κ2) is 7.04. The van der Waals surface area contributed by atoms with E-state index in [0.717, 1.165) is 10.9 Å². The Morgan fingerprint density at radius 2 is 1.76 bits per heavy atom. The number of rotatable bonds is 6. The highest BCUT2D eigenvalue weighted by atomic mass is 32.2. The number of hydrogen-bond donors (Lipinski definition) is 0. The van der Waals surface area contributed by atoms with Gasteiger partial charge in [-0.15, -0.1) is 0 Å². The molecule has 0 fully saturated rings. The summed E-state index contributed by atoms with van der Waals surface area (Å²) >= 11 is 1.61. The highest BCUT2D eigenvalue weighted by Gasteiger charge is 1.96. The van der Waals surface area contributed by atoms with E-state index in [2.05, 4.69) is 22.1 Å². The van der Waals surface area contributed by atoms with Crippen molar-refractivity contribution in [3.05, 3.63) is 54.4 Å². The molecular weight excluding hydrogens is 232 g/mol. The third kappa shape index (κ3) is 4.54. The second-order valence-electron chi connectivity index (χ2n) is 3.42. The Morgan fingerprint density at radius 1 is 1.00 bits per heavy atom. The van der Waals surface area contributed by atoms with Crippen LogP contribution in [0.2, 0.25) is 0 Å². The summed E-state index contributed by atoms with van der Waals surface area (Å²) in [5, 5.41) is 0.802. The van der Waals surface area contributed by atoms with Crippen LogP contribution in [0.1, 0.15) is 5.56 Å². The molecular formula is C13H14N2OS. The topological polar surface area (TPSA) is 35.0 Å². The minimum absolute atomic E-state index is 0.664. The van der Waals surface area contributed by atoms with Gasteiger partial charge < -0.3 is 4.74 Å². The molecule has 1 heterocycles. The number of aromatic nitrogens is 2. The third-order valence-electron chi connectivity index (χ3n) is 2.11. The average Bonchev–Trinajstić information content (AvgIpc) is 2.41. The highest BCUT2D eigenvalue weighted by Crippen LogP contribution is 2.10. The minimum atomic E-state index is 0.664. The highest BCUT2D eigenvalue weighted by molar-refractivity contribution is 7.99. The lowest BCUT2D eigenvalue weighted by Gasteiger charge is -2.03. The fraction of sp³-hybridized carbons (Fsp3) is 0.231. The van der Waals surface area contributed by atoms with Crippen molar-refractivity contribution in [2.75, 3.05) is 12.4 Å². The van der Waals surface area contributed by atoms with Gasteiger partial charge in [-0.25, -0.2) is 9.97 Å². The van der Waals surface area contributed by atoms with Gasteiger partial charge in [-0.2, -0.15) is 0 Å².